The molecular formula is C14H15BrN4O. The Morgan fingerprint density at radius 3 is 2.90 bits per heavy atom. The molecule has 1 amide bonds. The van der Waals surface area contributed by atoms with Crippen LogP contribution in [-0.2, 0) is 0 Å². The van der Waals surface area contributed by atoms with Gasteiger partial charge in [-0.15, -0.1) is 0 Å². The first-order valence-corrected chi connectivity index (χ1v) is 7.03. The Hall–Kier alpha value is -1.95. The second-order valence-corrected chi connectivity index (χ2v) is 5.08. The quantitative estimate of drug-likeness (QED) is 0.900. The van der Waals surface area contributed by atoms with Crippen molar-refractivity contribution in [2.75, 3.05) is 17.2 Å². The van der Waals surface area contributed by atoms with E-state index in [0.717, 1.165) is 16.7 Å². The van der Waals surface area contributed by atoms with Crippen LogP contribution in [0, 0.1) is 6.92 Å². The van der Waals surface area contributed by atoms with Crippen LogP contribution in [0.2, 0.25) is 0 Å². The smallest absolute Gasteiger partial charge is 0.255 e. The van der Waals surface area contributed by atoms with Crippen molar-refractivity contribution in [3.8, 4) is 0 Å². The topological polar surface area (TPSA) is 66.9 Å². The minimum Gasteiger partial charge on any atom is -0.370 e. The lowest BCUT2D eigenvalue weighted by Gasteiger charge is -2.09. The molecule has 2 aromatic rings. The third kappa shape index (κ3) is 3.54. The minimum atomic E-state index is -0.179. The van der Waals surface area contributed by atoms with E-state index in [1.807, 2.05) is 13.8 Å². The normalized spacial score (nSPS) is 10.2. The molecule has 2 rings (SSSR count). The highest BCUT2D eigenvalue weighted by Crippen LogP contribution is 2.21. The summed E-state index contributed by atoms with van der Waals surface area (Å²) < 4.78 is 0.742. The van der Waals surface area contributed by atoms with Gasteiger partial charge in [0.1, 0.15) is 5.82 Å². The number of nitrogens with zero attached hydrogens (tertiary/aromatic N) is 2. The molecule has 0 saturated carbocycles. The first-order chi connectivity index (χ1) is 9.60. The van der Waals surface area contributed by atoms with E-state index >= 15 is 0 Å². The second kappa shape index (κ2) is 6.47. The molecular weight excluding hydrogens is 320 g/mol. The highest BCUT2D eigenvalue weighted by atomic mass is 79.9. The zero-order valence-corrected chi connectivity index (χ0v) is 12.9. The van der Waals surface area contributed by atoms with Crippen LogP contribution in [0.15, 0.2) is 35.1 Å². The molecule has 0 unspecified atom stereocenters. The molecule has 2 heterocycles. The Balaban J connectivity index is 2.23. The van der Waals surface area contributed by atoms with E-state index in [1.54, 1.807) is 30.6 Å². The zero-order chi connectivity index (χ0) is 14.5. The van der Waals surface area contributed by atoms with Gasteiger partial charge in [0.05, 0.1) is 10.2 Å². The largest absolute Gasteiger partial charge is 0.370 e. The van der Waals surface area contributed by atoms with E-state index in [-0.39, 0.29) is 5.91 Å². The number of amides is 1. The number of pyridine rings is 2. The van der Waals surface area contributed by atoms with Crippen molar-refractivity contribution in [1.82, 2.24) is 9.97 Å². The molecule has 0 saturated heterocycles. The number of hydrogen-bond acceptors (Lipinski definition) is 4. The molecule has 2 N–H and O–H groups in total. The van der Waals surface area contributed by atoms with Crippen LogP contribution in [-0.4, -0.2) is 22.4 Å². The van der Waals surface area contributed by atoms with Gasteiger partial charge in [0.2, 0.25) is 0 Å². The number of halogens is 1. The standard InChI is InChI=1S/C14H15BrN4O/c1-3-17-13-7-10(6-9(2)18-13)14(20)19-12-4-5-16-8-11(12)15/h4-8H,3H2,1-2H3,(H,17,18)(H,16,19,20). The molecule has 0 radical (unpaired) electrons. The fourth-order valence-corrected chi connectivity index (χ4v) is 2.09. The monoisotopic (exact) mass is 334 g/mol. The Morgan fingerprint density at radius 2 is 2.20 bits per heavy atom. The second-order valence-electron chi connectivity index (χ2n) is 4.22. The van der Waals surface area contributed by atoms with Crippen LogP contribution in [0.5, 0.6) is 0 Å². The molecule has 104 valence electrons. The molecule has 0 aromatic carbocycles. The SMILES string of the molecule is CCNc1cc(C(=O)Nc2ccncc2Br)cc(C)n1. The van der Waals surface area contributed by atoms with Crippen LogP contribution < -0.4 is 10.6 Å². The number of carbonyl (C=O) groups excluding carboxylic acids is 1. The van der Waals surface area contributed by atoms with Gasteiger partial charge in [-0.25, -0.2) is 4.98 Å². The third-order valence-electron chi connectivity index (χ3n) is 2.59. The number of aromatic nitrogens is 2. The Labute approximate surface area is 126 Å². The van der Waals surface area contributed by atoms with Crippen molar-refractivity contribution in [2.24, 2.45) is 0 Å². The van der Waals surface area contributed by atoms with Gasteiger partial charge in [0.25, 0.3) is 5.91 Å². The third-order valence-corrected chi connectivity index (χ3v) is 3.23. The number of carbonyl (C=O) groups is 1. The molecule has 0 atom stereocenters. The summed E-state index contributed by atoms with van der Waals surface area (Å²) in [6.45, 7) is 4.60. The minimum absolute atomic E-state index is 0.179. The van der Waals surface area contributed by atoms with E-state index in [9.17, 15) is 4.79 Å². The Kier molecular flexibility index (Phi) is 4.68. The summed E-state index contributed by atoms with van der Waals surface area (Å²) in [4.78, 5) is 20.5. The van der Waals surface area contributed by atoms with Gasteiger partial charge in [-0.1, -0.05) is 0 Å². The Bertz CT molecular complexity index is 630. The molecule has 2 aromatic heterocycles. The fourth-order valence-electron chi connectivity index (χ4n) is 1.74. The number of anilines is 2. The first-order valence-electron chi connectivity index (χ1n) is 6.23. The number of aryl methyl sites for hydroxylation is 1. The number of rotatable bonds is 4. The van der Waals surface area contributed by atoms with Gasteiger partial charge >= 0.3 is 0 Å². The van der Waals surface area contributed by atoms with Gasteiger partial charge < -0.3 is 10.6 Å². The first kappa shape index (κ1) is 14.5. The molecule has 0 aliphatic rings. The van der Waals surface area contributed by atoms with E-state index in [4.69, 9.17) is 0 Å². The fraction of sp³-hybridized carbons (Fsp3) is 0.214. The van der Waals surface area contributed by atoms with Crippen molar-refractivity contribution in [3.05, 3.63) is 46.3 Å². The van der Waals surface area contributed by atoms with E-state index in [2.05, 4.69) is 36.5 Å². The summed E-state index contributed by atoms with van der Waals surface area (Å²) in [5, 5.41) is 5.95. The van der Waals surface area contributed by atoms with E-state index in [1.165, 1.54) is 0 Å². The summed E-state index contributed by atoms with van der Waals surface area (Å²) in [5.41, 5.74) is 2.05. The maximum atomic E-state index is 12.3. The molecule has 20 heavy (non-hydrogen) atoms. The molecule has 0 aliphatic heterocycles. The molecule has 0 bridgehead atoms. The summed E-state index contributed by atoms with van der Waals surface area (Å²) >= 11 is 3.35. The molecule has 0 spiro atoms. The van der Waals surface area contributed by atoms with E-state index < -0.39 is 0 Å². The molecule has 0 aliphatic carbocycles. The van der Waals surface area contributed by atoms with Crippen LogP contribution in [0.4, 0.5) is 11.5 Å². The molecule has 6 heteroatoms. The van der Waals surface area contributed by atoms with Gasteiger partial charge in [0, 0.05) is 30.2 Å². The maximum Gasteiger partial charge on any atom is 0.255 e. The van der Waals surface area contributed by atoms with Gasteiger partial charge in [-0.2, -0.15) is 0 Å². The van der Waals surface area contributed by atoms with E-state index in [0.29, 0.717) is 17.1 Å². The molecule has 0 fully saturated rings. The lowest BCUT2D eigenvalue weighted by molar-refractivity contribution is 0.102. The van der Waals surface area contributed by atoms with Crippen molar-refractivity contribution in [3.63, 3.8) is 0 Å². The highest BCUT2D eigenvalue weighted by molar-refractivity contribution is 9.10. The predicted molar refractivity (Wildman–Crippen MR) is 83.0 cm³/mol. The van der Waals surface area contributed by atoms with Crippen LogP contribution in [0.25, 0.3) is 0 Å². The van der Waals surface area contributed by atoms with Crippen molar-refractivity contribution >= 4 is 33.3 Å². The van der Waals surface area contributed by atoms with Gasteiger partial charge in [-0.3, -0.25) is 9.78 Å². The zero-order valence-electron chi connectivity index (χ0n) is 11.3. The van der Waals surface area contributed by atoms with Crippen molar-refractivity contribution < 1.29 is 4.79 Å². The summed E-state index contributed by atoms with van der Waals surface area (Å²) in [5.74, 6) is 0.521. The van der Waals surface area contributed by atoms with Crippen molar-refractivity contribution in [2.45, 2.75) is 13.8 Å². The number of nitrogens with one attached hydrogen (secondary N) is 2. The number of hydrogen-bond donors (Lipinski definition) is 2. The summed E-state index contributed by atoms with van der Waals surface area (Å²) in [7, 11) is 0. The van der Waals surface area contributed by atoms with Crippen LogP contribution in [0.3, 0.4) is 0 Å². The van der Waals surface area contributed by atoms with Crippen LogP contribution >= 0.6 is 15.9 Å². The molecule has 5 nitrogen and oxygen atoms in total. The maximum absolute atomic E-state index is 12.3. The summed E-state index contributed by atoms with van der Waals surface area (Å²) in [6, 6.07) is 5.23. The average Bonchev–Trinajstić information content (AvgIpc) is 2.41. The lowest BCUT2D eigenvalue weighted by atomic mass is 10.2. The van der Waals surface area contributed by atoms with Crippen molar-refractivity contribution in [1.29, 1.82) is 0 Å². The average molecular weight is 335 g/mol. The van der Waals surface area contributed by atoms with Gasteiger partial charge in [-0.05, 0) is 48.0 Å². The van der Waals surface area contributed by atoms with Gasteiger partial charge in [0.15, 0.2) is 0 Å². The highest BCUT2D eigenvalue weighted by Gasteiger charge is 2.10. The predicted octanol–water partition coefficient (Wildman–Crippen LogP) is 3.23. The summed E-state index contributed by atoms with van der Waals surface area (Å²) in [6.07, 6.45) is 3.26. The Morgan fingerprint density at radius 1 is 1.40 bits per heavy atom. The van der Waals surface area contributed by atoms with Crippen LogP contribution in [0.1, 0.15) is 23.0 Å². The lowest BCUT2D eigenvalue weighted by Crippen LogP contribution is -2.14.